The number of ether oxygens (including phenoxy) is 3. The molecule has 2 aromatic carbocycles. The fraction of sp³-hybridized carbons (Fsp3) is 0.600. The molecule has 2 aromatic rings. The van der Waals surface area contributed by atoms with Gasteiger partial charge in [0.05, 0.1) is 6.10 Å². The van der Waals surface area contributed by atoms with Crippen LogP contribution in [0.2, 0.25) is 0 Å². The molecule has 3 unspecified atom stereocenters. The Morgan fingerprint density at radius 3 is 2.53 bits per heavy atom. The first-order valence-electron chi connectivity index (χ1n) is 13.5. The highest BCUT2D eigenvalue weighted by Crippen LogP contribution is 2.62. The van der Waals surface area contributed by atoms with E-state index in [4.69, 9.17) is 14.2 Å². The van der Waals surface area contributed by atoms with Crippen molar-refractivity contribution in [3.8, 4) is 11.5 Å². The summed E-state index contributed by atoms with van der Waals surface area (Å²) in [4.78, 5) is 0. The maximum atomic E-state index is 6.83. The van der Waals surface area contributed by atoms with Gasteiger partial charge in [-0.05, 0) is 74.1 Å². The van der Waals surface area contributed by atoms with Gasteiger partial charge in [-0.15, -0.1) is 0 Å². The Bertz CT molecular complexity index is 973. The molecule has 6 rings (SSSR count). The SMILES string of the molecule is CC.CC[C@]12c3c4ccc(OCc5ccccc5)c3O[C@H]1C(OC)CCC2C(NCC1CC1)C4. The number of hydrogen-bond acceptors (Lipinski definition) is 4. The lowest BCUT2D eigenvalue weighted by Crippen LogP contribution is -2.62. The van der Waals surface area contributed by atoms with Crippen LogP contribution in [-0.4, -0.2) is 31.9 Å². The molecule has 0 amide bonds. The zero-order valence-electron chi connectivity index (χ0n) is 21.3. The Labute approximate surface area is 205 Å². The maximum absolute atomic E-state index is 6.83. The molecular weight excluding hydrogens is 422 g/mol. The van der Waals surface area contributed by atoms with Crippen LogP contribution in [-0.2, 0) is 23.2 Å². The number of rotatable bonds is 8. The van der Waals surface area contributed by atoms with E-state index in [1.807, 2.05) is 27.0 Å². The standard InChI is InChI=1S/C28H35NO3.C2H6/c1-3-28-21-12-14-24(30-2)27(28)32-26-23(31-17-19-7-5-4-6-8-19)13-11-20(25(26)28)15-22(21)29-16-18-9-10-18;1-2/h4-8,11,13,18,21-22,24,27,29H,3,9-10,12,14-17H2,1-2H3;1-2H3/t21?,22?,24?,27-,28-;/m0./s1. The Morgan fingerprint density at radius 2 is 1.82 bits per heavy atom. The van der Waals surface area contributed by atoms with E-state index >= 15 is 0 Å². The fourth-order valence-corrected chi connectivity index (χ4v) is 6.86. The normalized spacial score (nSPS) is 30.6. The van der Waals surface area contributed by atoms with Crippen LogP contribution in [0, 0.1) is 11.8 Å². The van der Waals surface area contributed by atoms with Crippen molar-refractivity contribution in [2.24, 2.45) is 11.8 Å². The summed E-state index contributed by atoms with van der Waals surface area (Å²) in [6, 6.07) is 15.3. The quantitative estimate of drug-likeness (QED) is 0.517. The summed E-state index contributed by atoms with van der Waals surface area (Å²) in [6.45, 7) is 8.07. The van der Waals surface area contributed by atoms with E-state index in [9.17, 15) is 0 Å². The molecule has 4 heteroatoms. The molecule has 4 nitrogen and oxygen atoms in total. The number of benzene rings is 2. The van der Waals surface area contributed by atoms with E-state index in [1.54, 1.807) is 0 Å². The summed E-state index contributed by atoms with van der Waals surface area (Å²) in [5.41, 5.74) is 4.05. The van der Waals surface area contributed by atoms with Crippen molar-refractivity contribution < 1.29 is 14.2 Å². The molecule has 4 aliphatic rings. The van der Waals surface area contributed by atoms with Crippen molar-refractivity contribution in [3.05, 3.63) is 59.2 Å². The van der Waals surface area contributed by atoms with Gasteiger partial charge in [0, 0.05) is 24.1 Å². The lowest BCUT2D eigenvalue weighted by atomic mass is 9.53. The van der Waals surface area contributed by atoms with E-state index < -0.39 is 0 Å². The topological polar surface area (TPSA) is 39.7 Å². The molecule has 1 aliphatic heterocycles. The van der Waals surface area contributed by atoms with Crippen molar-refractivity contribution in [1.82, 2.24) is 5.32 Å². The van der Waals surface area contributed by atoms with Crippen molar-refractivity contribution in [2.75, 3.05) is 13.7 Å². The van der Waals surface area contributed by atoms with Crippen LogP contribution in [0.25, 0.3) is 0 Å². The molecule has 3 aliphatic carbocycles. The summed E-state index contributed by atoms with van der Waals surface area (Å²) >= 11 is 0. The molecule has 184 valence electrons. The minimum Gasteiger partial charge on any atom is -0.485 e. The van der Waals surface area contributed by atoms with E-state index in [-0.39, 0.29) is 17.6 Å². The second-order valence-corrected chi connectivity index (χ2v) is 10.3. The zero-order chi connectivity index (χ0) is 23.7. The van der Waals surface area contributed by atoms with Crippen molar-refractivity contribution in [2.45, 2.75) is 89.6 Å². The van der Waals surface area contributed by atoms with Crippen LogP contribution in [0.5, 0.6) is 11.5 Å². The maximum Gasteiger partial charge on any atom is 0.165 e. The van der Waals surface area contributed by atoms with Crippen LogP contribution in [0.4, 0.5) is 0 Å². The van der Waals surface area contributed by atoms with E-state index in [2.05, 4.69) is 48.6 Å². The third kappa shape index (κ3) is 3.93. The van der Waals surface area contributed by atoms with Crippen molar-refractivity contribution >= 4 is 0 Å². The first kappa shape index (κ1) is 23.7. The molecule has 2 saturated carbocycles. The molecule has 1 heterocycles. The van der Waals surface area contributed by atoms with Crippen LogP contribution in [0.1, 0.15) is 69.6 Å². The highest BCUT2D eigenvalue weighted by atomic mass is 16.6. The average Bonchev–Trinajstić information content (AvgIpc) is 3.66. The first-order chi connectivity index (χ1) is 16.7. The summed E-state index contributed by atoms with van der Waals surface area (Å²) in [7, 11) is 1.85. The van der Waals surface area contributed by atoms with Crippen molar-refractivity contribution in [1.29, 1.82) is 0 Å². The van der Waals surface area contributed by atoms with Gasteiger partial charge in [0.2, 0.25) is 0 Å². The zero-order valence-corrected chi connectivity index (χ0v) is 21.3. The minimum absolute atomic E-state index is 0.00911. The lowest BCUT2D eigenvalue weighted by Gasteiger charge is -2.53. The van der Waals surface area contributed by atoms with Gasteiger partial charge in [0.1, 0.15) is 12.7 Å². The molecule has 1 N–H and O–H groups in total. The van der Waals surface area contributed by atoms with Crippen molar-refractivity contribution in [3.63, 3.8) is 0 Å². The van der Waals surface area contributed by atoms with Crippen LogP contribution in [0.15, 0.2) is 42.5 Å². The minimum atomic E-state index is 0.00911. The predicted octanol–water partition coefficient (Wildman–Crippen LogP) is 6.05. The molecule has 2 fully saturated rings. The third-order valence-corrected chi connectivity index (χ3v) is 8.60. The van der Waals surface area contributed by atoms with Gasteiger partial charge in [-0.1, -0.05) is 57.2 Å². The molecule has 0 saturated heterocycles. The summed E-state index contributed by atoms with van der Waals surface area (Å²) in [5.74, 6) is 3.35. The van der Waals surface area contributed by atoms with Gasteiger partial charge >= 0.3 is 0 Å². The number of nitrogens with one attached hydrogen (secondary N) is 1. The number of methoxy groups -OCH3 is 1. The molecule has 0 spiro atoms. The van der Waals surface area contributed by atoms with Gasteiger partial charge in [0.25, 0.3) is 0 Å². The van der Waals surface area contributed by atoms with Gasteiger partial charge in [-0.25, -0.2) is 0 Å². The Kier molecular flexibility index (Phi) is 6.90. The molecule has 0 aromatic heterocycles. The number of hydrogen-bond donors (Lipinski definition) is 1. The van der Waals surface area contributed by atoms with Crippen LogP contribution < -0.4 is 14.8 Å². The molecule has 5 atom stereocenters. The van der Waals surface area contributed by atoms with Gasteiger partial charge in [-0.2, -0.15) is 0 Å². The van der Waals surface area contributed by atoms with Crippen LogP contribution in [0.3, 0.4) is 0 Å². The Balaban J connectivity index is 0.00000117. The summed E-state index contributed by atoms with van der Waals surface area (Å²) in [5, 5.41) is 3.99. The highest BCUT2D eigenvalue weighted by Gasteiger charge is 2.63. The van der Waals surface area contributed by atoms with E-state index in [1.165, 1.54) is 42.5 Å². The third-order valence-electron chi connectivity index (χ3n) is 8.60. The first-order valence-corrected chi connectivity index (χ1v) is 13.5. The summed E-state index contributed by atoms with van der Waals surface area (Å²) < 4.78 is 19.2. The second kappa shape index (κ2) is 9.91. The molecule has 34 heavy (non-hydrogen) atoms. The molecule has 0 radical (unpaired) electrons. The second-order valence-electron chi connectivity index (χ2n) is 10.3. The Hall–Kier alpha value is -2.04. The fourth-order valence-electron chi connectivity index (χ4n) is 6.86. The van der Waals surface area contributed by atoms with Gasteiger partial charge in [0.15, 0.2) is 11.5 Å². The molecule has 0 bridgehead atoms. The Morgan fingerprint density at radius 1 is 1.03 bits per heavy atom. The monoisotopic (exact) mass is 463 g/mol. The average molecular weight is 464 g/mol. The summed E-state index contributed by atoms with van der Waals surface area (Å²) in [6.07, 6.45) is 7.42. The predicted molar refractivity (Wildman–Crippen MR) is 137 cm³/mol. The van der Waals surface area contributed by atoms with Crippen LogP contribution >= 0.6 is 0 Å². The van der Waals surface area contributed by atoms with E-state index in [0.29, 0.717) is 18.6 Å². The van der Waals surface area contributed by atoms with E-state index in [0.717, 1.165) is 36.7 Å². The lowest BCUT2D eigenvalue weighted by molar-refractivity contribution is -0.0824. The van der Waals surface area contributed by atoms with Gasteiger partial charge < -0.3 is 19.5 Å². The largest absolute Gasteiger partial charge is 0.485 e. The highest BCUT2D eigenvalue weighted by molar-refractivity contribution is 5.60. The molecular formula is C30H41NO3. The smallest absolute Gasteiger partial charge is 0.165 e. The van der Waals surface area contributed by atoms with Gasteiger partial charge in [-0.3, -0.25) is 0 Å².